The summed E-state index contributed by atoms with van der Waals surface area (Å²) in [4.78, 5) is 29.8. The lowest BCUT2D eigenvalue weighted by atomic mass is 9.99. The number of aromatic hydroxyl groups is 1. The van der Waals surface area contributed by atoms with Crippen molar-refractivity contribution in [3.8, 4) is 5.75 Å². The van der Waals surface area contributed by atoms with Crippen molar-refractivity contribution in [1.29, 1.82) is 0 Å². The van der Waals surface area contributed by atoms with Gasteiger partial charge >= 0.3 is 0 Å². The van der Waals surface area contributed by atoms with Gasteiger partial charge in [0.15, 0.2) is 5.69 Å². The monoisotopic (exact) mass is 458 g/mol. The van der Waals surface area contributed by atoms with E-state index >= 15 is 0 Å². The lowest BCUT2D eigenvalue weighted by molar-refractivity contribution is 0.0931. The first-order valence-electron chi connectivity index (χ1n) is 10.3. The Labute approximate surface area is 186 Å². The third-order valence-corrected chi connectivity index (χ3v) is 7.59. The Morgan fingerprint density at radius 1 is 1.16 bits per heavy atom. The van der Waals surface area contributed by atoms with Gasteiger partial charge in [0, 0.05) is 13.6 Å². The summed E-state index contributed by atoms with van der Waals surface area (Å²) in [6, 6.07) is 13.1. The fraction of sp³-hybridized carbons (Fsp3) is 0.318. The average Bonchev–Trinajstić information content (AvgIpc) is 2.77. The second-order valence-electron chi connectivity index (χ2n) is 7.88. The van der Waals surface area contributed by atoms with Crippen LogP contribution in [0, 0.1) is 0 Å². The molecule has 1 atom stereocenters. The number of rotatable bonds is 4. The third-order valence-electron chi connectivity index (χ3n) is 5.70. The summed E-state index contributed by atoms with van der Waals surface area (Å²) in [6.07, 6.45) is 1.33. The Morgan fingerprint density at radius 3 is 2.62 bits per heavy atom. The number of hydrogen-bond donors (Lipinski definition) is 4. The highest BCUT2D eigenvalue weighted by Gasteiger charge is 2.32. The van der Waals surface area contributed by atoms with Crippen LogP contribution in [0.1, 0.15) is 41.9 Å². The summed E-state index contributed by atoms with van der Waals surface area (Å²) >= 11 is 0. The molecular weight excluding hydrogens is 432 g/mol. The van der Waals surface area contributed by atoms with Gasteiger partial charge in [0.2, 0.25) is 11.7 Å². The van der Waals surface area contributed by atoms with Crippen LogP contribution in [0.3, 0.4) is 0 Å². The van der Waals surface area contributed by atoms with Crippen LogP contribution >= 0.6 is 10.8 Å². The number of hydrogen-bond acceptors (Lipinski definition) is 7. The number of anilines is 1. The highest BCUT2D eigenvalue weighted by atomic mass is 32.3. The van der Waals surface area contributed by atoms with Crippen LogP contribution in [-0.2, 0) is 7.05 Å². The van der Waals surface area contributed by atoms with Gasteiger partial charge in [-0.25, -0.2) is 9.29 Å². The van der Waals surface area contributed by atoms with E-state index < -0.39 is 39.7 Å². The minimum atomic E-state index is -3.16. The van der Waals surface area contributed by atoms with Gasteiger partial charge in [-0.15, -0.1) is 10.8 Å². The number of carbonyl (C=O) groups is 1. The van der Waals surface area contributed by atoms with E-state index in [0.717, 1.165) is 20.9 Å². The predicted molar refractivity (Wildman–Crippen MR) is 125 cm³/mol. The Morgan fingerprint density at radius 2 is 1.88 bits per heavy atom. The van der Waals surface area contributed by atoms with Crippen molar-refractivity contribution in [1.82, 2.24) is 14.9 Å². The summed E-state index contributed by atoms with van der Waals surface area (Å²) in [5, 5.41) is 15.2. The van der Waals surface area contributed by atoms with E-state index in [9.17, 15) is 23.8 Å². The van der Waals surface area contributed by atoms with Crippen LogP contribution < -0.4 is 15.2 Å². The lowest BCUT2D eigenvalue weighted by Gasteiger charge is -2.46. The molecule has 0 aliphatic carbocycles. The first-order chi connectivity index (χ1) is 15.2. The lowest BCUT2D eigenvalue weighted by Crippen LogP contribution is -2.40. The second kappa shape index (κ2) is 8.45. The molecular formula is C22H26N4O5S. The normalized spacial score (nSPS) is 17.7. The van der Waals surface area contributed by atoms with Gasteiger partial charge in [-0.3, -0.25) is 23.3 Å². The molecule has 10 heteroatoms. The molecule has 1 aliphatic rings. The summed E-state index contributed by atoms with van der Waals surface area (Å²) in [6.45, 7) is 2.08. The molecule has 0 radical (unpaired) electrons. The Kier molecular flexibility index (Phi) is 5.85. The number of nitrogens with zero attached hydrogens (tertiary/aromatic N) is 3. The maximum absolute atomic E-state index is 13.0. The van der Waals surface area contributed by atoms with Crippen LogP contribution in [0.15, 0.2) is 47.3 Å². The fourth-order valence-corrected chi connectivity index (χ4v) is 5.63. The van der Waals surface area contributed by atoms with E-state index in [2.05, 4.69) is 10.3 Å². The average molecular weight is 459 g/mol. The topological polar surface area (TPSA) is 128 Å². The van der Waals surface area contributed by atoms with Crippen LogP contribution in [0.4, 0.5) is 5.95 Å². The smallest absolute Gasteiger partial charge is 0.297 e. The van der Waals surface area contributed by atoms with Gasteiger partial charge in [-0.1, -0.05) is 42.5 Å². The highest BCUT2D eigenvalue weighted by Crippen LogP contribution is 2.48. The van der Waals surface area contributed by atoms with Crippen LogP contribution in [-0.4, -0.2) is 42.0 Å². The van der Waals surface area contributed by atoms with E-state index in [-0.39, 0.29) is 18.2 Å². The molecule has 1 aromatic heterocycles. The summed E-state index contributed by atoms with van der Waals surface area (Å²) in [7, 11) is -1.79. The molecule has 9 nitrogen and oxygen atoms in total. The van der Waals surface area contributed by atoms with Crippen molar-refractivity contribution in [2.75, 3.05) is 16.6 Å². The second-order valence-corrected chi connectivity index (χ2v) is 10.00. The van der Waals surface area contributed by atoms with Crippen molar-refractivity contribution in [3.63, 3.8) is 0 Å². The van der Waals surface area contributed by atoms with E-state index in [1.807, 2.05) is 42.5 Å². The van der Waals surface area contributed by atoms with Gasteiger partial charge < -0.3 is 10.4 Å². The molecule has 1 aliphatic heterocycles. The molecule has 3 aromatic rings. The molecule has 0 bridgehead atoms. The zero-order chi connectivity index (χ0) is 23.0. The van der Waals surface area contributed by atoms with Gasteiger partial charge in [-0.2, -0.15) is 0 Å². The maximum atomic E-state index is 13.0. The molecule has 1 fully saturated rings. The number of fused-ring (bicyclic) bond motifs is 1. The summed E-state index contributed by atoms with van der Waals surface area (Å²) < 4.78 is 23.2. The number of benzene rings is 2. The van der Waals surface area contributed by atoms with Crippen LogP contribution in [0.25, 0.3) is 10.8 Å². The Balaban J connectivity index is 1.69. The van der Waals surface area contributed by atoms with Crippen molar-refractivity contribution in [2.45, 2.75) is 25.8 Å². The molecule has 4 N–H and O–H groups in total. The number of amides is 1. The minimum absolute atomic E-state index is 0.0598. The maximum Gasteiger partial charge on any atom is 0.297 e. The Bertz CT molecular complexity index is 1240. The Hall–Kier alpha value is -3.08. The number of carbonyl (C=O) groups excluding carboxylic acids is 1. The molecule has 32 heavy (non-hydrogen) atoms. The van der Waals surface area contributed by atoms with Crippen LogP contribution in [0.5, 0.6) is 5.75 Å². The standard InChI is InChI=1S/C22H26N4O5S/c1-14(16-11-7-9-15-8-3-4-10-17(15)16)23-20(28)18-19(27)21(29)25(2)22(24-18)26-12-5-6-13-32(26,30)31/h3-4,7-11,14,27,30-31H,5-6,12-13H2,1-2H3,(H,23,28). The SMILES string of the molecule is CC(NC(=O)c1nc(N2CCCCS2(O)O)n(C)c(=O)c1O)c1cccc2ccccc12. The molecule has 1 saturated heterocycles. The zero-order valence-electron chi connectivity index (χ0n) is 17.9. The van der Waals surface area contributed by atoms with Crippen molar-refractivity contribution in [2.24, 2.45) is 7.05 Å². The molecule has 0 saturated carbocycles. The van der Waals surface area contributed by atoms with Gasteiger partial charge in [0.05, 0.1) is 11.8 Å². The van der Waals surface area contributed by atoms with E-state index in [1.165, 1.54) is 11.4 Å². The van der Waals surface area contributed by atoms with E-state index in [0.29, 0.717) is 12.8 Å². The first-order valence-corrected chi connectivity index (χ1v) is 12.0. The quantitative estimate of drug-likeness (QED) is 0.472. The highest BCUT2D eigenvalue weighted by molar-refractivity contribution is 8.25. The van der Waals surface area contributed by atoms with Crippen LogP contribution in [0.2, 0.25) is 0 Å². The van der Waals surface area contributed by atoms with Gasteiger partial charge in [0.1, 0.15) is 0 Å². The molecule has 2 heterocycles. The molecule has 170 valence electrons. The number of aromatic nitrogens is 2. The zero-order valence-corrected chi connectivity index (χ0v) is 18.7. The number of nitrogens with one attached hydrogen (secondary N) is 1. The fourth-order valence-electron chi connectivity index (χ4n) is 3.97. The van der Waals surface area contributed by atoms with Crippen molar-refractivity contribution in [3.05, 3.63) is 64.1 Å². The van der Waals surface area contributed by atoms with Crippen molar-refractivity contribution >= 4 is 33.4 Å². The summed E-state index contributed by atoms with van der Waals surface area (Å²) in [5.74, 6) is -1.41. The molecule has 1 unspecified atom stereocenters. The first kappa shape index (κ1) is 22.1. The summed E-state index contributed by atoms with van der Waals surface area (Å²) in [5.41, 5.74) is -0.403. The predicted octanol–water partition coefficient (Wildman–Crippen LogP) is 3.40. The minimum Gasteiger partial charge on any atom is -0.501 e. The van der Waals surface area contributed by atoms with Crippen molar-refractivity contribution < 1.29 is 19.0 Å². The third kappa shape index (κ3) is 3.92. The largest absolute Gasteiger partial charge is 0.501 e. The van der Waals surface area contributed by atoms with Gasteiger partial charge in [-0.05, 0) is 36.1 Å². The molecule has 4 rings (SSSR count). The molecule has 0 spiro atoms. The van der Waals surface area contributed by atoms with E-state index in [1.54, 1.807) is 6.92 Å². The molecule has 1 amide bonds. The van der Waals surface area contributed by atoms with E-state index in [4.69, 9.17) is 0 Å². The molecule has 2 aromatic carbocycles. The van der Waals surface area contributed by atoms with Gasteiger partial charge in [0.25, 0.3) is 11.5 Å².